The van der Waals surface area contributed by atoms with Gasteiger partial charge in [-0.3, -0.25) is 9.59 Å². The van der Waals surface area contributed by atoms with Gasteiger partial charge in [0, 0.05) is 22.3 Å². The number of fused-ring (bicyclic) bond motifs is 8. The highest BCUT2D eigenvalue weighted by Gasteiger charge is 2.23. The predicted octanol–water partition coefficient (Wildman–Crippen LogP) is 12.0. The topological polar surface area (TPSA) is 71.1 Å². The van der Waals surface area contributed by atoms with Crippen molar-refractivity contribution in [2.45, 2.75) is 38.5 Å². The Bertz CT molecular complexity index is 2880. The van der Waals surface area contributed by atoms with Crippen molar-refractivity contribution >= 4 is 11.6 Å². The number of ketones is 2. The van der Waals surface area contributed by atoms with E-state index < -0.39 is 0 Å². The van der Waals surface area contributed by atoms with Gasteiger partial charge in [-0.05, 0) is 130 Å². The van der Waals surface area contributed by atoms with E-state index in [1.54, 1.807) is 28.4 Å². The van der Waals surface area contributed by atoms with Gasteiger partial charge in [0.15, 0.2) is 34.6 Å². The van der Waals surface area contributed by atoms with E-state index in [0.717, 1.165) is 66.8 Å². The average molecular weight is 869 g/mol. The zero-order valence-electron chi connectivity index (χ0n) is 37.9. The molecule has 0 saturated heterocycles. The van der Waals surface area contributed by atoms with Gasteiger partial charge in [-0.1, -0.05) is 146 Å². The number of rotatable bonds is 4. The van der Waals surface area contributed by atoms with E-state index in [9.17, 15) is 9.59 Å². The van der Waals surface area contributed by atoms with Gasteiger partial charge in [-0.2, -0.15) is 0 Å². The maximum Gasteiger partial charge on any atom is 0.193 e. The molecule has 9 rings (SSSR count). The van der Waals surface area contributed by atoms with Gasteiger partial charge in [0.2, 0.25) is 0 Å². The largest absolute Gasteiger partial charge is 0.493 e. The molecule has 0 saturated carbocycles. The molecule has 6 nitrogen and oxygen atoms in total. The van der Waals surface area contributed by atoms with Gasteiger partial charge in [-0.25, -0.2) is 0 Å². The monoisotopic (exact) mass is 868 g/mol. The summed E-state index contributed by atoms with van der Waals surface area (Å²) in [6, 6.07) is 56.9. The van der Waals surface area contributed by atoms with Crippen LogP contribution in [-0.4, -0.2) is 40.0 Å². The van der Waals surface area contributed by atoms with Crippen molar-refractivity contribution in [1.29, 1.82) is 0 Å². The first-order valence-electron chi connectivity index (χ1n) is 22.4. The fraction of sp³-hybridized carbons (Fsp3) is 0.167. The van der Waals surface area contributed by atoms with Crippen molar-refractivity contribution in [2.24, 2.45) is 0 Å². The molecular weight excluding hydrogens is 817 g/mol. The molecule has 1 aliphatic rings. The number of hydrogen-bond acceptors (Lipinski definition) is 6. The van der Waals surface area contributed by atoms with Crippen LogP contribution in [0.1, 0.15) is 98.6 Å². The maximum absolute atomic E-state index is 15.0. The lowest BCUT2D eigenvalue weighted by atomic mass is 9.85. The fourth-order valence-electron chi connectivity index (χ4n) is 9.49. The van der Waals surface area contributed by atoms with Crippen molar-refractivity contribution < 1.29 is 28.5 Å². The van der Waals surface area contributed by atoms with Gasteiger partial charge >= 0.3 is 0 Å². The quantitative estimate of drug-likeness (QED) is 0.175. The Kier molecular flexibility index (Phi) is 12.9. The molecule has 8 aromatic carbocycles. The van der Waals surface area contributed by atoms with Crippen LogP contribution < -0.4 is 18.9 Å². The highest BCUT2D eigenvalue weighted by Crippen LogP contribution is 2.37. The summed E-state index contributed by atoms with van der Waals surface area (Å²) in [5.41, 5.74) is 15.0. The minimum absolute atomic E-state index is 0.0365. The number of carbonyl (C=O) groups is 2. The van der Waals surface area contributed by atoms with Gasteiger partial charge in [-0.15, -0.1) is 0 Å². The summed E-state index contributed by atoms with van der Waals surface area (Å²) in [7, 11) is 6.60. The van der Waals surface area contributed by atoms with Crippen LogP contribution in [0.25, 0.3) is 0 Å². The Morgan fingerprint density at radius 1 is 0.258 bits per heavy atom. The van der Waals surface area contributed by atoms with E-state index in [1.165, 1.54) is 0 Å². The van der Waals surface area contributed by atoms with Gasteiger partial charge in [0.05, 0.1) is 28.4 Å². The molecule has 0 heterocycles. The zero-order chi connectivity index (χ0) is 45.6. The summed E-state index contributed by atoms with van der Waals surface area (Å²) < 4.78 is 23.4. The summed E-state index contributed by atoms with van der Waals surface area (Å²) in [5, 5.41) is 0. The van der Waals surface area contributed by atoms with Gasteiger partial charge in [0.1, 0.15) is 0 Å². The number of carbonyl (C=O) groups excluding carboxylic acids is 2. The molecule has 1 aliphatic carbocycles. The second kappa shape index (κ2) is 19.6. The molecule has 0 atom stereocenters. The molecule has 6 heteroatoms. The van der Waals surface area contributed by atoms with Crippen molar-refractivity contribution in [3.05, 3.63) is 259 Å². The first-order chi connectivity index (χ1) is 32.3. The van der Waals surface area contributed by atoms with Crippen molar-refractivity contribution in [1.82, 2.24) is 0 Å². The predicted molar refractivity (Wildman–Crippen MR) is 261 cm³/mol. The Morgan fingerprint density at radius 3 is 0.667 bits per heavy atom. The Labute approximate surface area is 387 Å². The van der Waals surface area contributed by atoms with Crippen LogP contribution in [0.15, 0.2) is 170 Å². The number of hydrogen-bond donors (Lipinski definition) is 0. The normalized spacial score (nSPS) is 12.8. The molecule has 0 aliphatic heterocycles. The van der Waals surface area contributed by atoms with Gasteiger partial charge in [0.25, 0.3) is 0 Å². The lowest BCUT2D eigenvalue weighted by Gasteiger charge is -2.20. The van der Waals surface area contributed by atoms with Crippen LogP contribution >= 0.6 is 0 Å². The fourth-order valence-corrected chi connectivity index (χ4v) is 9.49. The summed E-state index contributed by atoms with van der Waals surface area (Å²) in [5.74, 6) is 2.44. The van der Waals surface area contributed by atoms with Crippen LogP contribution in [0.2, 0.25) is 0 Å². The second-order valence-electron chi connectivity index (χ2n) is 16.8. The molecular formula is C60H52O6. The second-order valence-corrected chi connectivity index (χ2v) is 16.8. The molecule has 0 unspecified atom stereocenters. The summed E-state index contributed by atoms with van der Waals surface area (Å²) in [6.07, 6.45) is 3.32. The molecule has 0 N–H and O–H groups in total. The first kappa shape index (κ1) is 43.5. The van der Waals surface area contributed by atoms with Gasteiger partial charge < -0.3 is 18.9 Å². The van der Waals surface area contributed by atoms with E-state index in [4.69, 9.17) is 18.9 Å². The van der Waals surface area contributed by atoms with E-state index in [1.807, 2.05) is 97.1 Å². The first-order valence-corrected chi connectivity index (χ1v) is 22.4. The molecule has 0 fully saturated rings. The minimum Gasteiger partial charge on any atom is -0.493 e. The highest BCUT2D eigenvalue weighted by atomic mass is 16.5. The third-order valence-corrected chi connectivity index (χ3v) is 13.0. The van der Waals surface area contributed by atoms with Crippen LogP contribution in [0.3, 0.4) is 0 Å². The molecule has 0 radical (unpaired) electrons. The Morgan fingerprint density at radius 2 is 0.439 bits per heavy atom. The number of methoxy groups -OCH3 is 4. The van der Waals surface area contributed by atoms with Crippen molar-refractivity contribution in [3.8, 4) is 23.0 Å². The zero-order valence-corrected chi connectivity index (χ0v) is 37.9. The smallest absolute Gasteiger partial charge is 0.193 e. The molecule has 66 heavy (non-hydrogen) atoms. The van der Waals surface area contributed by atoms with Crippen LogP contribution in [0.4, 0.5) is 0 Å². The third kappa shape index (κ3) is 9.00. The average Bonchev–Trinajstić information content (AvgIpc) is 3.35. The Balaban J connectivity index is 1.24. The lowest BCUT2D eigenvalue weighted by molar-refractivity contribution is 0.102. The highest BCUT2D eigenvalue weighted by molar-refractivity contribution is 6.11. The summed E-state index contributed by atoms with van der Waals surface area (Å²) in [4.78, 5) is 29.9. The van der Waals surface area contributed by atoms with Crippen molar-refractivity contribution in [3.63, 3.8) is 0 Å². The lowest BCUT2D eigenvalue weighted by Crippen LogP contribution is -2.12. The SMILES string of the molecule is COc1cc2c(cc1OC)Cc1ccccc1Cc1ccccc1C(=O)c1ccccc1Cc1cc(OC)c(OC)cc1Cc1ccccc1C(=O)c1ccccc1Cc1ccccc1C2. The molecule has 328 valence electrons. The van der Waals surface area contributed by atoms with E-state index >= 15 is 0 Å². The molecule has 0 aromatic heterocycles. The Hall–Kier alpha value is -7.70. The standard InChI is InChI=1S/C60H52O6/c1-63-55-35-47-31-41-19-7-5-17-39(41)29-43-21-9-13-25-51(43)59(61)53-27-15-11-23-45(53)33-49-37-57(65-3)58(66-4)38-50(49)34-46-24-12-16-28-54(46)60(62)52-26-14-10-22-44(52)30-40-18-6-8-20-42(40)32-48(47)36-56(55)64-2/h5-28,35-38H,29-34H2,1-4H3. The molecule has 0 bridgehead atoms. The van der Waals surface area contributed by atoms with E-state index in [2.05, 4.69) is 72.8 Å². The number of ether oxygens (including phenoxy) is 4. The third-order valence-electron chi connectivity index (χ3n) is 13.0. The van der Waals surface area contributed by atoms with E-state index in [0.29, 0.717) is 83.8 Å². The maximum atomic E-state index is 15.0. The van der Waals surface area contributed by atoms with Crippen LogP contribution in [0, 0.1) is 0 Å². The van der Waals surface area contributed by atoms with Crippen LogP contribution in [0.5, 0.6) is 23.0 Å². The van der Waals surface area contributed by atoms with Crippen LogP contribution in [-0.2, 0) is 38.5 Å². The van der Waals surface area contributed by atoms with E-state index in [-0.39, 0.29) is 11.6 Å². The molecule has 0 amide bonds. The van der Waals surface area contributed by atoms with Crippen molar-refractivity contribution in [2.75, 3.05) is 28.4 Å². The summed E-state index contributed by atoms with van der Waals surface area (Å²) >= 11 is 0. The number of benzene rings is 8. The summed E-state index contributed by atoms with van der Waals surface area (Å²) in [6.45, 7) is 0. The molecule has 0 spiro atoms. The minimum atomic E-state index is -0.0365. The molecule has 8 aromatic rings.